The summed E-state index contributed by atoms with van der Waals surface area (Å²) < 4.78 is 1.75. The lowest BCUT2D eigenvalue weighted by Crippen LogP contribution is -2.09. The van der Waals surface area contributed by atoms with Crippen molar-refractivity contribution in [2.24, 2.45) is 13.0 Å². The Bertz CT molecular complexity index is 1160. The molecule has 0 aliphatic heterocycles. The highest BCUT2D eigenvalue weighted by atomic mass is 32.2. The van der Waals surface area contributed by atoms with Gasteiger partial charge in [0.25, 0.3) is 0 Å². The van der Waals surface area contributed by atoms with Crippen LogP contribution in [0.25, 0.3) is 21.3 Å². The largest absolute Gasteiger partial charge is 0.383 e. The Morgan fingerprint density at radius 3 is 3.11 bits per heavy atom. The fraction of sp³-hybridized carbons (Fsp3) is 0.389. The molecule has 1 unspecified atom stereocenters. The maximum absolute atomic E-state index is 6.33. The first-order valence-corrected chi connectivity index (χ1v) is 10.7. The normalized spacial score (nSPS) is 16.9. The van der Waals surface area contributed by atoms with E-state index in [1.807, 2.05) is 7.05 Å². The number of anilines is 1. The molecule has 9 heteroatoms. The first-order valence-electron chi connectivity index (χ1n) is 8.92. The van der Waals surface area contributed by atoms with Crippen LogP contribution in [0.2, 0.25) is 0 Å². The zero-order chi connectivity index (χ0) is 18.5. The van der Waals surface area contributed by atoms with Gasteiger partial charge in [-0.3, -0.25) is 4.68 Å². The molecule has 0 saturated carbocycles. The van der Waals surface area contributed by atoms with E-state index < -0.39 is 0 Å². The average Bonchev–Trinajstić information content (AvgIpc) is 3.20. The predicted octanol–water partition coefficient (Wildman–Crippen LogP) is 3.37. The maximum atomic E-state index is 6.33. The predicted molar refractivity (Wildman–Crippen MR) is 109 cm³/mol. The molecule has 7 nitrogen and oxygen atoms in total. The number of thiophene rings is 1. The topological polar surface area (TPSA) is 95.4 Å². The van der Waals surface area contributed by atoms with Gasteiger partial charge in [-0.05, 0) is 30.7 Å². The Kier molecular flexibility index (Phi) is 4.01. The van der Waals surface area contributed by atoms with E-state index >= 15 is 0 Å². The van der Waals surface area contributed by atoms with E-state index in [-0.39, 0.29) is 0 Å². The molecule has 27 heavy (non-hydrogen) atoms. The number of thioether (sulfide) groups is 1. The van der Waals surface area contributed by atoms with Crippen molar-refractivity contribution in [2.75, 3.05) is 5.73 Å². The Morgan fingerprint density at radius 1 is 1.33 bits per heavy atom. The highest BCUT2D eigenvalue weighted by Crippen LogP contribution is 2.39. The van der Waals surface area contributed by atoms with E-state index in [1.165, 1.54) is 16.9 Å². The molecular weight excluding hydrogens is 378 g/mol. The van der Waals surface area contributed by atoms with Gasteiger partial charge in [0.05, 0.1) is 22.7 Å². The van der Waals surface area contributed by atoms with Gasteiger partial charge in [0.1, 0.15) is 27.8 Å². The number of hydrogen-bond donors (Lipinski definition) is 1. The number of nitrogen functional groups attached to an aromatic ring is 1. The molecule has 0 radical (unpaired) electrons. The van der Waals surface area contributed by atoms with Gasteiger partial charge < -0.3 is 5.73 Å². The van der Waals surface area contributed by atoms with Gasteiger partial charge in [0, 0.05) is 11.9 Å². The molecule has 1 aliphatic carbocycles. The third-order valence-corrected chi connectivity index (χ3v) is 7.21. The molecule has 0 saturated heterocycles. The van der Waals surface area contributed by atoms with Gasteiger partial charge in [-0.2, -0.15) is 5.10 Å². The van der Waals surface area contributed by atoms with E-state index in [4.69, 9.17) is 10.7 Å². The molecule has 1 atom stereocenters. The summed E-state index contributed by atoms with van der Waals surface area (Å²) in [6.07, 6.45) is 6.78. The van der Waals surface area contributed by atoms with Crippen molar-refractivity contribution >= 4 is 50.2 Å². The first-order chi connectivity index (χ1) is 13.1. The Balaban J connectivity index is 1.47. The molecule has 0 bridgehead atoms. The molecule has 0 spiro atoms. The molecule has 2 N–H and O–H groups in total. The van der Waals surface area contributed by atoms with E-state index in [2.05, 4.69) is 27.0 Å². The van der Waals surface area contributed by atoms with Gasteiger partial charge in [-0.25, -0.2) is 19.9 Å². The smallest absolute Gasteiger partial charge is 0.162 e. The van der Waals surface area contributed by atoms with Gasteiger partial charge in [-0.15, -0.1) is 11.3 Å². The van der Waals surface area contributed by atoms with Crippen molar-refractivity contribution in [2.45, 2.75) is 37.0 Å². The van der Waals surface area contributed by atoms with Crippen LogP contribution in [-0.4, -0.2) is 29.7 Å². The standard InChI is InChI=1S/C18H19N7S2/c1-9-3-4-10-12(5-9)27-18-14(10)15(19)23-13(24-18)7-26-17-11-6-22-25(2)16(11)20-8-21-17/h6,8-9H,3-5,7H2,1-2H3,(H2,19,23,24). The van der Waals surface area contributed by atoms with Gasteiger partial charge in [0.2, 0.25) is 0 Å². The number of nitrogens with zero attached hydrogens (tertiary/aromatic N) is 6. The number of hydrogen-bond acceptors (Lipinski definition) is 8. The highest BCUT2D eigenvalue weighted by molar-refractivity contribution is 7.98. The monoisotopic (exact) mass is 397 g/mol. The second-order valence-electron chi connectivity index (χ2n) is 7.03. The molecule has 138 valence electrons. The van der Waals surface area contributed by atoms with E-state index in [0.717, 1.165) is 50.9 Å². The van der Waals surface area contributed by atoms with Crippen molar-refractivity contribution in [3.05, 3.63) is 28.8 Å². The number of rotatable bonds is 3. The van der Waals surface area contributed by atoms with E-state index in [1.54, 1.807) is 40.3 Å². The summed E-state index contributed by atoms with van der Waals surface area (Å²) in [6.45, 7) is 2.31. The van der Waals surface area contributed by atoms with Crippen LogP contribution in [0.5, 0.6) is 0 Å². The molecule has 4 heterocycles. The van der Waals surface area contributed by atoms with Crippen LogP contribution in [0.15, 0.2) is 17.6 Å². The second kappa shape index (κ2) is 6.42. The van der Waals surface area contributed by atoms with Crippen molar-refractivity contribution in [1.29, 1.82) is 0 Å². The summed E-state index contributed by atoms with van der Waals surface area (Å²) in [5.41, 5.74) is 8.53. The zero-order valence-electron chi connectivity index (χ0n) is 15.1. The molecule has 0 aromatic carbocycles. The van der Waals surface area contributed by atoms with Crippen LogP contribution in [0.1, 0.15) is 29.6 Å². The van der Waals surface area contributed by atoms with Crippen LogP contribution in [0.3, 0.4) is 0 Å². The lowest BCUT2D eigenvalue weighted by atomic mass is 9.89. The summed E-state index contributed by atoms with van der Waals surface area (Å²) in [7, 11) is 1.88. The summed E-state index contributed by atoms with van der Waals surface area (Å²) in [5, 5.41) is 7.17. The number of nitrogens with two attached hydrogens (primary N) is 1. The van der Waals surface area contributed by atoms with Crippen molar-refractivity contribution < 1.29 is 0 Å². The third-order valence-electron chi connectivity index (χ3n) is 5.06. The summed E-state index contributed by atoms with van der Waals surface area (Å²) in [4.78, 5) is 20.5. The highest BCUT2D eigenvalue weighted by Gasteiger charge is 2.23. The number of aromatic nitrogens is 6. The molecule has 0 fully saturated rings. The van der Waals surface area contributed by atoms with Crippen LogP contribution in [0.4, 0.5) is 5.82 Å². The van der Waals surface area contributed by atoms with Gasteiger partial charge in [-0.1, -0.05) is 18.7 Å². The minimum atomic E-state index is 0.608. The fourth-order valence-corrected chi connectivity index (χ4v) is 5.89. The average molecular weight is 398 g/mol. The van der Waals surface area contributed by atoms with Crippen molar-refractivity contribution in [3.8, 4) is 0 Å². The minimum Gasteiger partial charge on any atom is -0.383 e. The van der Waals surface area contributed by atoms with Crippen LogP contribution < -0.4 is 5.73 Å². The SMILES string of the molecule is CC1CCc2c(sc3nc(CSc4ncnc5c4cnn5C)nc(N)c23)C1. The summed E-state index contributed by atoms with van der Waals surface area (Å²) in [5.74, 6) is 2.69. The second-order valence-corrected chi connectivity index (χ2v) is 9.08. The first kappa shape index (κ1) is 16.9. The van der Waals surface area contributed by atoms with E-state index in [0.29, 0.717) is 11.6 Å². The quantitative estimate of drug-likeness (QED) is 0.418. The van der Waals surface area contributed by atoms with Crippen LogP contribution >= 0.6 is 23.1 Å². The van der Waals surface area contributed by atoms with Gasteiger partial charge >= 0.3 is 0 Å². The summed E-state index contributed by atoms with van der Waals surface area (Å²) in [6, 6.07) is 0. The molecule has 0 amide bonds. The van der Waals surface area contributed by atoms with Crippen LogP contribution in [-0.2, 0) is 25.6 Å². The summed E-state index contributed by atoms with van der Waals surface area (Å²) >= 11 is 3.37. The van der Waals surface area contributed by atoms with Crippen molar-refractivity contribution in [3.63, 3.8) is 0 Å². The van der Waals surface area contributed by atoms with E-state index in [9.17, 15) is 0 Å². The molecule has 4 aromatic heterocycles. The Hall–Kier alpha value is -2.26. The molecular formula is C18H19N7S2. The maximum Gasteiger partial charge on any atom is 0.162 e. The third kappa shape index (κ3) is 2.85. The number of aryl methyl sites for hydroxylation is 2. The Labute approximate surface area is 164 Å². The zero-order valence-corrected chi connectivity index (χ0v) is 16.8. The fourth-order valence-electron chi connectivity index (χ4n) is 3.67. The van der Waals surface area contributed by atoms with Crippen LogP contribution in [0, 0.1) is 5.92 Å². The molecule has 4 aromatic rings. The number of fused-ring (bicyclic) bond motifs is 4. The molecule has 1 aliphatic rings. The lowest BCUT2D eigenvalue weighted by molar-refractivity contribution is 0.509. The minimum absolute atomic E-state index is 0.608. The Morgan fingerprint density at radius 2 is 2.22 bits per heavy atom. The molecule has 5 rings (SSSR count). The van der Waals surface area contributed by atoms with Crippen molar-refractivity contribution in [1.82, 2.24) is 29.7 Å². The van der Waals surface area contributed by atoms with Gasteiger partial charge in [0.15, 0.2) is 5.65 Å². The lowest BCUT2D eigenvalue weighted by Gasteiger charge is -2.17.